The quantitative estimate of drug-likeness (QED) is 0.674. The van der Waals surface area contributed by atoms with E-state index in [-0.39, 0.29) is 0 Å². The molecule has 0 aliphatic heterocycles. The van der Waals surface area contributed by atoms with Crippen LogP contribution in [0.4, 0.5) is 0 Å². The minimum atomic E-state index is 0.738. The van der Waals surface area contributed by atoms with Crippen LogP contribution in [0, 0.1) is 12.8 Å². The van der Waals surface area contributed by atoms with Crippen molar-refractivity contribution in [2.45, 2.75) is 33.6 Å². The number of benzene rings is 2. The second-order valence-corrected chi connectivity index (χ2v) is 5.54. The fraction of sp³-hybridized carbons (Fsp3) is 0.368. The monoisotopic (exact) mass is 268 g/mol. The Hall–Kier alpha value is -1.76. The topological polar surface area (TPSA) is 9.23 Å². The number of hydrogen-bond donors (Lipinski definition) is 0. The van der Waals surface area contributed by atoms with Crippen LogP contribution in [0.1, 0.15) is 32.3 Å². The average molecular weight is 268 g/mol. The van der Waals surface area contributed by atoms with Crippen LogP contribution < -0.4 is 4.74 Å². The molecule has 2 aromatic carbocycles. The standard InChI is InChI=1S/C19H24O/c1-4-15(2)13-14-20-19-11-9-18(10-12-19)17-7-5-16(3)6-8-17/h5-12,15H,4,13-14H2,1-3H3. The van der Waals surface area contributed by atoms with Crippen LogP contribution in [0.25, 0.3) is 11.1 Å². The third kappa shape index (κ3) is 4.12. The maximum Gasteiger partial charge on any atom is 0.119 e. The van der Waals surface area contributed by atoms with Gasteiger partial charge in [0.05, 0.1) is 6.61 Å². The first-order chi connectivity index (χ1) is 9.69. The molecule has 0 aromatic heterocycles. The third-order valence-corrected chi connectivity index (χ3v) is 3.82. The van der Waals surface area contributed by atoms with Gasteiger partial charge in [0.1, 0.15) is 5.75 Å². The van der Waals surface area contributed by atoms with E-state index < -0.39 is 0 Å². The molecule has 0 spiro atoms. The molecule has 1 atom stereocenters. The molecule has 0 aliphatic carbocycles. The van der Waals surface area contributed by atoms with Crippen molar-refractivity contribution in [3.8, 4) is 16.9 Å². The highest BCUT2D eigenvalue weighted by atomic mass is 16.5. The molecule has 0 fully saturated rings. The molecule has 106 valence electrons. The molecule has 0 aliphatic rings. The summed E-state index contributed by atoms with van der Waals surface area (Å²) in [6.07, 6.45) is 2.34. The summed E-state index contributed by atoms with van der Waals surface area (Å²) in [6.45, 7) is 7.40. The summed E-state index contributed by atoms with van der Waals surface area (Å²) in [5.41, 5.74) is 3.78. The molecule has 1 nitrogen and oxygen atoms in total. The van der Waals surface area contributed by atoms with Gasteiger partial charge in [0.25, 0.3) is 0 Å². The Labute approximate surface area is 122 Å². The molecule has 0 heterocycles. The molecular formula is C19H24O. The summed E-state index contributed by atoms with van der Waals surface area (Å²) in [7, 11) is 0. The van der Waals surface area contributed by atoms with Crippen molar-refractivity contribution >= 4 is 0 Å². The maximum absolute atomic E-state index is 5.79. The Balaban J connectivity index is 1.94. The zero-order chi connectivity index (χ0) is 14.4. The predicted molar refractivity (Wildman–Crippen MR) is 86.2 cm³/mol. The van der Waals surface area contributed by atoms with Gasteiger partial charge in [0.2, 0.25) is 0 Å². The molecule has 2 aromatic rings. The average Bonchev–Trinajstić information content (AvgIpc) is 2.48. The second kappa shape index (κ2) is 7.14. The van der Waals surface area contributed by atoms with Crippen molar-refractivity contribution < 1.29 is 4.74 Å². The lowest BCUT2D eigenvalue weighted by molar-refractivity contribution is 0.282. The normalized spacial score (nSPS) is 12.2. The first kappa shape index (κ1) is 14.6. The third-order valence-electron chi connectivity index (χ3n) is 3.82. The van der Waals surface area contributed by atoms with E-state index in [0.29, 0.717) is 0 Å². The van der Waals surface area contributed by atoms with Gasteiger partial charge < -0.3 is 4.74 Å². The molecule has 0 saturated carbocycles. The van der Waals surface area contributed by atoms with E-state index in [2.05, 4.69) is 69.3 Å². The van der Waals surface area contributed by atoms with E-state index in [1.807, 2.05) is 0 Å². The van der Waals surface area contributed by atoms with Gasteiger partial charge in [-0.15, -0.1) is 0 Å². The number of aryl methyl sites for hydroxylation is 1. The molecule has 20 heavy (non-hydrogen) atoms. The lowest BCUT2D eigenvalue weighted by Gasteiger charge is -2.10. The van der Waals surface area contributed by atoms with Crippen molar-refractivity contribution in [2.75, 3.05) is 6.61 Å². The Morgan fingerprint density at radius 1 is 0.900 bits per heavy atom. The van der Waals surface area contributed by atoms with Crippen molar-refractivity contribution in [1.29, 1.82) is 0 Å². The predicted octanol–water partition coefficient (Wildman–Crippen LogP) is 5.48. The molecule has 0 saturated heterocycles. The van der Waals surface area contributed by atoms with Gasteiger partial charge in [-0.2, -0.15) is 0 Å². The van der Waals surface area contributed by atoms with Crippen LogP contribution in [-0.4, -0.2) is 6.61 Å². The summed E-state index contributed by atoms with van der Waals surface area (Å²) in [5, 5.41) is 0. The minimum Gasteiger partial charge on any atom is -0.494 e. The van der Waals surface area contributed by atoms with E-state index in [0.717, 1.165) is 24.7 Å². The van der Waals surface area contributed by atoms with Crippen LogP contribution >= 0.6 is 0 Å². The minimum absolute atomic E-state index is 0.738. The lowest BCUT2D eigenvalue weighted by Crippen LogP contribution is -2.03. The first-order valence-corrected chi connectivity index (χ1v) is 7.49. The van der Waals surface area contributed by atoms with Crippen LogP contribution in [0.3, 0.4) is 0 Å². The highest BCUT2D eigenvalue weighted by Crippen LogP contribution is 2.23. The van der Waals surface area contributed by atoms with E-state index in [1.165, 1.54) is 23.1 Å². The summed E-state index contributed by atoms with van der Waals surface area (Å²) in [6, 6.07) is 17.0. The zero-order valence-corrected chi connectivity index (χ0v) is 12.7. The fourth-order valence-corrected chi connectivity index (χ4v) is 2.07. The van der Waals surface area contributed by atoms with Crippen molar-refractivity contribution in [3.63, 3.8) is 0 Å². The van der Waals surface area contributed by atoms with Gasteiger partial charge in [0.15, 0.2) is 0 Å². The van der Waals surface area contributed by atoms with Crippen LogP contribution in [0.2, 0.25) is 0 Å². The van der Waals surface area contributed by atoms with Crippen molar-refractivity contribution in [3.05, 3.63) is 54.1 Å². The largest absolute Gasteiger partial charge is 0.494 e. The summed E-state index contributed by atoms with van der Waals surface area (Å²) >= 11 is 0. The molecule has 0 radical (unpaired) electrons. The number of ether oxygens (including phenoxy) is 1. The van der Waals surface area contributed by atoms with E-state index >= 15 is 0 Å². The highest BCUT2D eigenvalue weighted by molar-refractivity contribution is 5.64. The Kier molecular flexibility index (Phi) is 5.23. The fourth-order valence-electron chi connectivity index (χ4n) is 2.07. The van der Waals surface area contributed by atoms with Crippen molar-refractivity contribution in [1.82, 2.24) is 0 Å². The second-order valence-electron chi connectivity index (χ2n) is 5.54. The van der Waals surface area contributed by atoms with E-state index in [4.69, 9.17) is 4.74 Å². The van der Waals surface area contributed by atoms with Gasteiger partial charge in [-0.25, -0.2) is 0 Å². The van der Waals surface area contributed by atoms with Crippen LogP contribution in [0.5, 0.6) is 5.75 Å². The summed E-state index contributed by atoms with van der Waals surface area (Å²) < 4.78 is 5.79. The van der Waals surface area contributed by atoms with Crippen LogP contribution in [0.15, 0.2) is 48.5 Å². The van der Waals surface area contributed by atoms with Gasteiger partial charge in [-0.05, 0) is 42.5 Å². The summed E-state index contributed by atoms with van der Waals surface area (Å²) in [5.74, 6) is 1.70. The zero-order valence-electron chi connectivity index (χ0n) is 12.7. The molecular weight excluding hydrogens is 244 g/mol. The molecule has 0 bridgehead atoms. The SMILES string of the molecule is CCC(C)CCOc1ccc(-c2ccc(C)cc2)cc1. The first-order valence-electron chi connectivity index (χ1n) is 7.49. The molecule has 1 unspecified atom stereocenters. The lowest BCUT2D eigenvalue weighted by atomic mass is 10.0. The number of hydrogen-bond acceptors (Lipinski definition) is 1. The molecule has 0 amide bonds. The number of rotatable bonds is 6. The smallest absolute Gasteiger partial charge is 0.119 e. The Morgan fingerprint density at radius 3 is 2.00 bits per heavy atom. The van der Waals surface area contributed by atoms with Crippen molar-refractivity contribution in [2.24, 2.45) is 5.92 Å². The van der Waals surface area contributed by atoms with Crippen LogP contribution in [-0.2, 0) is 0 Å². The maximum atomic E-state index is 5.79. The summed E-state index contributed by atoms with van der Waals surface area (Å²) in [4.78, 5) is 0. The van der Waals surface area contributed by atoms with Gasteiger partial charge >= 0.3 is 0 Å². The van der Waals surface area contributed by atoms with E-state index in [9.17, 15) is 0 Å². The van der Waals surface area contributed by atoms with E-state index in [1.54, 1.807) is 0 Å². The molecule has 2 rings (SSSR count). The molecule has 1 heteroatoms. The Morgan fingerprint density at radius 2 is 1.45 bits per heavy atom. The highest BCUT2D eigenvalue weighted by Gasteiger charge is 2.01. The Bertz CT molecular complexity index is 510. The van der Waals surface area contributed by atoms with Gasteiger partial charge in [0, 0.05) is 0 Å². The van der Waals surface area contributed by atoms with Gasteiger partial charge in [-0.1, -0.05) is 62.2 Å². The molecule has 0 N–H and O–H groups in total. The van der Waals surface area contributed by atoms with Gasteiger partial charge in [-0.3, -0.25) is 0 Å².